The lowest BCUT2D eigenvalue weighted by atomic mass is 10.0. The van der Waals surface area contributed by atoms with Gasteiger partial charge < -0.3 is 5.32 Å². The van der Waals surface area contributed by atoms with E-state index in [0.717, 1.165) is 17.0 Å². The number of aromatic nitrogens is 3. The number of benzene rings is 2. The molecular weight excluding hydrogens is 429 g/mol. The molecule has 0 aliphatic carbocycles. The zero-order valence-corrected chi connectivity index (χ0v) is 17.4. The standard InChI is InChI=1S/C25H17F3N4O/c1-29-25(33)18-6-4-14(10-19(18)26)17-11-20(27)24-31-12-22(32(24)13-17)23(28)16-5-7-21-15(9-16)3-2-8-30-21/h2-13,23H,1H3,(H,29,33)/t23-/m1/s1. The van der Waals surface area contributed by atoms with Gasteiger partial charge in [-0.1, -0.05) is 18.2 Å². The third-order valence-corrected chi connectivity index (χ3v) is 5.54. The average molecular weight is 446 g/mol. The van der Waals surface area contributed by atoms with Crippen molar-refractivity contribution in [2.45, 2.75) is 6.17 Å². The maximum Gasteiger partial charge on any atom is 0.253 e. The highest BCUT2D eigenvalue weighted by Gasteiger charge is 2.21. The molecule has 5 nitrogen and oxygen atoms in total. The van der Waals surface area contributed by atoms with Crippen LogP contribution in [0.3, 0.4) is 0 Å². The van der Waals surface area contributed by atoms with Gasteiger partial charge in [-0.2, -0.15) is 0 Å². The Bertz CT molecular complexity index is 1530. The summed E-state index contributed by atoms with van der Waals surface area (Å²) in [7, 11) is 1.40. The monoisotopic (exact) mass is 446 g/mol. The van der Waals surface area contributed by atoms with Crippen LogP contribution in [-0.4, -0.2) is 27.3 Å². The second-order valence-electron chi connectivity index (χ2n) is 7.55. The summed E-state index contributed by atoms with van der Waals surface area (Å²) in [6.07, 6.45) is 2.87. The fourth-order valence-corrected chi connectivity index (χ4v) is 3.85. The van der Waals surface area contributed by atoms with Gasteiger partial charge >= 0.3 is 0 Å². The number of pyridine rings is 2. The number of nitrogens with one attached hydrogen (secondary N) is 1. The van der Waals surface area contributed by atoms with E-state index in [9.17, 15) is 13.6 Å². The molecule has 0 bridgehead atoms. The first-order chi connectivity index (χ1) is 16.0. The Labute approximate surface area is 186 Å². The molecule has 0 unspecified atom stereocenters. The summed E-state index contributed by atoms with van der Waals surface area (Å²) < 4.78 is 46.1. The minimum absolute atomic E-state index is 0.0405. The van der Waals surface area contributed by atoms with Crippen LogP contribution >= 0.6 is 0 Å². The summed E-state index contributed by atoms with van der Waals surface area (Å²) in [6, 6.07) is 13.8. The van der Waals surface area contributed by atoms with Gasteiger partial charge in [0.25, 0.3) is 5.91 Å². The van der Waals surface area contributed by atoms with Crippen molar-refractivity contribution in [1.29, 1.82) is 0 Å². The Hall–Kier alpha value is -4.20. The van der Waals surface area contributed by atoms with E-state index in [0.29, 0.717) is 16.7 Å². The predicted octanol–water partition coefficient (Wildman–Crippen LogP) is 5.25. The summed E-state index contributed by atoms with van der Waals surface area (Å²) >= 11 is 0. The minimum Gasteiger partial charge on any atom is -0.355 e. The smallest absolute Gasteiger partial charge is 0.253 e. The van der Waals surface area contributed by atoms with Crippen LogP contribution in [0.15, 0.2) is 73.2 Å². The number of rotatable bonds is 4. The van der Waals surface area contributed by atoms with Gasteiger partial charge in [0.05, 0.1) is 23.0 Å². The molecule has 0 saturated heterocycles. The molecular formula is C25H17F3N4O. The second kappa shape index (κ2) is 8.05. The quantitative estimate of drug-likeness (QED) is 0.410. The fraction of sp³-hybridized carbons (Fsp3) is 0.0800. The number of amides is 1. The molecule has 1 N–H and O–H groups in total. The molecule has 2 aromatic carbocycles. The molecule has 1 atom stereocenters. The lowest BCUT2D eigenvalue weighted by molar-refractivity contribution is 0.0959. The molecule has 1 amide bonds. The van der Waals surface area contributed by atoms with Gasteiger partial charge in [-0.25, -0.2) is 18.2 Å². The topological polar surface area (TPSA) is 59.3 Å². The van der Waals surface area contributed by atoms with Crippen molar-refractivity contribution in [1.82, 2.24) is 19.7 Å². The molecule has 3 heterocycles. The van der Waals surface area contributed by atoms with Crippen LogP contribution in [0.1, 0.15) is 27.8 Å². The molecule has 5 rings (SSSR count). The van der Waals surface area contributed by atoms with Crippen molar-refractivity contribution in [2.75, 3.05) is 7.05 Å². The van der Waals surface area contributed by atoms with Crippen molar-refractivity contribution in [2.24, 2.45) is 0 Å². The molecule has 0 saturated carbocycles. The number of nitrogens with zero attached hydrogens (tertiary/aromatic N) is 3. The van der Waals surface area contributed by atoms with Crippen LogP contribution in [0.2, 0.25) is 0 Å². The molecule has 164 valence electrons. The number of carbonyl (C=O) groups excluding carboxylic acids is 1. The molecule has 3 aromatic heterocycles. The van der Waals surface area contributed by atoms with E-state index < -0.39 is 23.7 Å². The van der Waals surface area contributed by atoms with Gasteiger partial charge in [-0.05, 0) is 47.5 Å². The number of hydrogen-bond acceptors (Lipinski definition) is 3. The van der Waals surface area contributed by atoms with Crippen molar-refractivity contribution >= 4 is 22.5 Å². The Morgan fingerprint density at radius 3 is 2.61 bits per heavy atom. The van der Waals surface area contributed by atoms with E-state index in [1.165, 1.54) is 42.0 Å². The maximum absolute atomic E-state index is 15.6. The lowest BCUT2D eigenvalue weighted by Crippen LogP contribution is -2.19. The number of imidazole rings is 1. The number of alkyl halides is 1. The summed E-state index contributed by atoms with van der Waals surface area (Å²) in [4.78, 5) is 20.0. The van der Waals surface area contributed by atoms with Crippen LogP contribution in [0.5, 0.6) is 0 Å². The van der Waals surface area contributed by atoms with Crippen LogP contribution in [0.4, 0.5) is 13.2 Å². The van der Waals surface area contributed by atoms with Gasteiger partial charge in [0, 0.05) is 30.4 Å². The number of fused-ring (bicyclic) bond motifs is 2. The van der Waals surface area contributed by atoms with Crippen LogP contribution in [0.25, 0.3) is 27.7 Å². The Balaban J connectivity index is 1.59. The molecule has 0 aliphatic heterocycles. The van der Waals surface area contributed by atoms with Gasteiger partial charge in [0.2, 0.25) is 0 Å². The zero-order chi connectivity index (χ0) is 23.1. The first kappa shape index (κ1) is 20.7. The lowest BCUT2D eigenvalue weighted by Gasteiger charge is -2.12. The van der Waals surface area contributed by atoms with Gasteiger partial charge in [0.15, 0.2) is 17.6 Å². The number of hydrogen-bond donors (Lipinski definition) is 1. The summed E-state index contributed by atoms with van der Waals surface area (Å²) in [6.45, 7) is 0. The van der Waals surface area contributed by atoms with Crippen molar-refractivity contribution < 1.29 is 18.0 Å². The van der Waals surface area contributed by atoms with Crippen molar-refractivity contribution in [3.63, 3.8) is 0 Å². The van der Waals surface area contributed by atoms with E-state index in [2.05, 4.69) is 15.3 Å². The average Bonchev–Trinajstić information content (AvgIpc) is 3.27. The van der Waals surface area contributed by atoms with Gasteiger partial charge in [-0.15, -0.1) is 0 Å². The van der Waals surface area contributed by atoms with E-state index in [1.54, 1.807) is 30.5 Å². The largest absolute Gasteiger partial charge is 0.355 e. The maximum atomic E-state index is 15.6. The van der Waals surface area contributed by atoms with Crippen molar-refractivity contribution in [3.8, 4) is 11.1 Å². The fourth-order valence-electron chi connectivity index (χ4n) is 3.85. The minimum atomic E-state index is -1.58. The number of carbonyl (C=O) groups is 1. The third kappa shape index (κ3) is 3.59. The van der Waals surface area contributed by atoms with Crippen LogP contribution in [-0.2, 0) is 0 Å². The van der Waals surface area contributed by atoms with Crippen molar-refractivity contribution in [3.05, 3.63) is 102 Å². The first-order valence-electron chi connectivity index (χ1n) is 10.1. The molecule has 0 radical (unpaired) electrons. The molecule has 8 heteroatoms. The summed E-state index contributed by atoms with van der Waals surface area (Å²) in [5, 5.41) is 3.14. The Morgan fingerprint density at radius 2 is 1.82 bits per heavy atom. The molecule has 0 fully saturated rings. The number of halogens is 3. The van der Waals surface area contributed by atoms with E-state index in [4.69, 9.17) is 0 Å². The zero-order valence-electron chi connectivity index (χ0n) is 17.4. The van der Waals surface area contributed by atoms with E-state index in [-0.39, 0.29) is 16.9 Å². The highest BCUT2D eigenvalue weighted by atomic mass is 19.1. The Morgan fingerprint density at radius 1 is 1.00 bits per heavy atom. The van der Waals surface area contributed by atoms with Gasteiger partial charge in [0.1, 0.15) is 5.82 Å². The summed E-state index contributed by atoms with van der Waals surface area (Å²) in [5.41, 5.74) is 1.74. The summed E-state index contributed by atoms with van der Waals surface area (Å²) in [5.74, 6) is -1.99. The molecule has 33 heavy (non-hydrogen) atoms. The molecule has 5 aromatic rings. The van der Waals surface area contributed by atoms with E-state index >= 15 is 4.39 Å². The van der Waals surface area contributed by atoms with Crippen LogP contribution < -0.4 is 5.32 Å². The molecule has 0 aliphatic rings. The highest BCUT2D eigenvalue weighted by molar-refractivity contribution is 5.94. The first-order valence-corrected chi connectivity index (χ1v) is 10.1. The van der Waals surface area contributed by atoms with Crippen LogP contribution in [0, 0.1) is 11.6 Å². The second-order valence-corrected chi connectivity index (χ2v) is 7.55. The normalized spacial score (nSPS) is 12.2. The SMILES string of the molecule is CNC(=O)c1ccc(-c2cc(F)c3ncc([C@H](F)c4ccc5ncccc5c4)n3c2)cc1F. The van der Waals surface area contributed by atoms with E-state index in [1.807, 2.05) is 6.07 Å². The molecule has 0 spiro atoms. The predicted molar refractivity (Wildman–Crippen MR) is 119 cm³/mol. The highest BCUT2D eigenvalue weighted by Crippen LogP contribution is 2.31. The van der Waals surface area contributed by atoms with Gasteiger partial charge in [-0.3, -0.25) is 14.2 Å². The third-order valence-electron chi connectivity index (χ3n) is 5.54. The Kier molecular flexibility index (Phi) is 5.05.